The van der Waals surface area contributed by atoms with Crippen molar-refractivity contribution in [1.82, 2.24) is 10.2 Å². The molecule has 1 rings (SSSR count). The van der Waals surface area contributed by atoms with Crippen molar-refractivity contribution in [1.29, 1.82) is 0 Å². The summed E-state index contributed by atoms with van der Waals surface area (Å²) in [4.78, 5) is 12.8. The summed E-state index contributed by atoms with van der Waals surface area (Å²) in [7, 11) is 0. The minimum atomic E-state index is 0.108. The lowest BCUT2D eigenvalue weighted by Gasteiger charge is -2.25. The van der Waals surface area contributed by atoms with Crippen LogP contribution in [0.2, 0.25) is 0 Å². The van der Waals surface area contributed by atoms with Gasteiger partial charge in [0.05, 0.1) is 6.54 Å². The van der Waals surface area contributed by atoms with E-state index >= 15 is 0 Å². The van der Waals surface area contributed by atoms with Crippen LogP contribution in [0.25, 0.3) is 0 Å². The molecule has 58 valence electrons. The molecule has 0 spiro atoms. The molecule has 4 heteroatoms. The summed E-state index contributed by atoms with van der Waals surface area (Å²) in [5.74, 6) is 0.712. The van der Waals surface area contributed by atoms with Gasteiger partial charge in [-0.25, -0.2) is 0 Å². The molecule has 0 atom stereocenters. The highest BCUT2D eigenvalue weighted by atomic mass is 35.5. The minimum absolute atomic E-state index is 0.108. The molecule has 1 N–H and O–H groups in total. The van der Waals surface area contributed by atoms with E-state index in [0.717, 1.165) is 19.6 Å². The summed E-state index contributed by atoms with van der Waals surface area (Å²) in [6.45, 7) is 3.01. The van der Waals surface area contributed by atoms with Gasteiger partial charge < -0.3 is 5.32 Å². The smallest absolute Gasteiger partial charge is 0.234 e. The van der Waals surface area contributed by atoms with Gasteiger partial charge in [0.25, 0.3) is 0 Å². The fourth-order valence-corrected chi connectivity index (χ4v) is 1.24. The normalized spacial score (nSPS) is 20.7. The maximum absolute atomic E-state index is 10.8. The quantitative estimate of drug-likeness (QED) is 0.564. The summed E-state index contributed by atoms with van der Waals surface area (Å²) in [6.07, 6.45) is 0. The van der Waals surface area contributed by atoms with Gasteiger partial charge in [-0.1, -0.05) is 0 Å². The van der Waals surface area contributed by atoms with Crippen molar-refractivity contribution >= 4 is 17.5 Å². The largest absolute Gasteiger partial charge is 0.354 e. The lowest BCUT2D eigenvalue weighted by molar-refractivity contribution is -0.123. The van der Waals surface area contributed by atoms with Gasteiger partial charge in [-0.2, -0.15) is 0 Å². The Morgan fingerprint density at radius 1 is 1.70 bits per heavy atom. The van der Waals surface area contributed by atoms with Gasteiger partial charge in [0.2, 0.25) is 5.91 Å². The zero-order chi connectivity index (χ0) is 7.40. The number of hydrogen-bond donors (Lipinski definition) is 1. The highest BCUT2D eigenvalue weighted by Crippen LogP contribution is 1.92. The van der Waals surface area contributed by atoms with Gasteiger partial charge in [0.15, 0.2) is 0 Å². The highest BCUT2D eigenvalue weighted by molar-refractivity contribution is 6.18. The molecule has 0 aromatic rings. The molecule has 0 radical (unpaired) electrons. The number of carbonyl (C=O) groups is 1. The van der Waals surface area contributed by atoms with Gasteiger partial charge in [-0.05, 0) is 0 Å². The van der Waals surface area contributed by atoms with Crippen LogP contribution in [0.4, 0.5) is 0 Å². The molecule has 1 saturated heterocycles. The maximum Gasteiger partial charge on any atom is 0.234 e. The Morgan fingerprint density at radius 2 is 2.50 bits per heavy atom. The van der Waals surface area contributed by atoms with Crippen molar-refractivity contribution in [2.24, 2.45) is 0 Å². The van der Waals surface area contributed by atoms with Crippen molar-refractivity contribution in [2.45, 2.75) is 0 Å². The van der Waals surface area contributed by atoms with Gasteiger partial charge >= 0.3 is 0 Å². The van der Waals surface area contributed by atoms with Crippen molar-refractivity contribution < 1.29 is 4.79 Å². The first kappa shape index (κ1) is 7.82. The number of amides is 1. The van der Waals surface area contributed by atoms with E-state index in [-0.39, 0.29) is 5.91 Å². The van der Waals surface area contributed by atoms with Crippen LogP contribution in [0, 0.1) is 0 Å². The van der Waals surface area contributed by atoms with E-state index in [1.54, 1.807) is 0 Å². The number of carbonyl (C=O) groups excluding carboxylic acids is 1. The van der Waals surface area contributed by atoms with Crippen molar-refractivity contribution in [2.75, 3.05) is 32.1 Å². The average Bonchev–Trinajstić information content (AvgIpc) is 1.88. The number of rotatable bonds is 2. The monoisotopic (exact) mass is 162 g/mol. The van der Waals surface area contributed by atoms with E-state index in [0.29, 0.717) is 12.4 Å². The van der Waals surface area contributed by atoms with Crippen LogP contribution in [0.3, 0.4) is 0 Å². The Kier molecular flexibility index (Phi) is 2.96. The van der Waals surface area contributed by atoms with Crippen LogP contribution in [0.1, 0.15) is 0 Å². The lowest BCUT2D eigenvalue weighted by atomic mass is 10.3. The first-order valence-corrected chi connectivity index (χ1v) is 3.91. The first-order chi connectivity index (χ1) is 4.83. The average molecular weight is 163 g/mol. The molecule has 1 fully saturated rings. The van der Waals surface area contributed by atoms with E-state index in [1.807, 2.05) is 4.90 Å². The molecule has 3 nitrogen and oxygen atoms in total. The summed E-state index contributed by atoms with van der Waals surface area (Å²) in [5, 5.41) is 2.75. The van der Waals surface area contributed by atoms with Crippen LogP contribution >= 0.6 is 11.6 Å². The van der Waals surface area contributed by atoms with Crippen molar-refractivity contribution in [3.05, 3.63) is 0 Å². The van der Waals surface area contributed by atoms with Crippen LogP contribution in [0.5, 0.6) is 0 Å². The topological polar surface area (TPSA) is 32.3 Å². The second kappa shape index (κ2) is 3.78. The van der Waals surface area contributed by atoms with Crippen LogP contribution in [0.15, 0.2) is 0 Å². The molecule has 0 bridgehead atoms. The lowest BCUT2D eigenvalue weighted by Crippen LogP contribution is -2.48. The number of piperazine rings is 1. The van der Waals surface area contributed by atoms with E-state index in [1.165, 1.54) is 0 Å². The summed E-state index contributed by atoms with van der Waals surface area (Å²) < 4.78 is 0. The second-order valence-corrected chi connectivity index (χ2v) is 2.69. The highest BCUT2D eigenvalue weighted by Gasteiger charge is 2.14. The summed E-state index contributed by atoms with van der Waals surface area (Å²) in [5.41, 5.74) is 0. The van der Waals surface area contributed by atoms with Gasteiger partial charge in [0.1, 0.15) is 0 Å². The molecule has 0 aromatic heterocycles. The molecular formula is C6H11ClN2O. The minimum Gasteiger partial charge on any atom is -0.354 e. The number of nitrogens with one attached hydrogen (secondary N) is 1. The molecule has 1 heterocycles. The van der Waals surface area contributed by atoms with E-state index in [9.17, 15) is 4.79 Å². The zero-order valence-electron chi connectivity index (χ0n) is 5.77. The van der Waals surface area contributed by atoms with Crippen molar-refractivity contribution in [3.63, 3.8) is 0 Å². The number of alkyl halides is 1. The molecular weight excluding hydrogens is 152 g/mol. The Balaban J connectivity index is 2.25. The van der Waals surface area contributed by atoms with Gasteiger partial charge in [-0.15, -0.1) is 11.6 Å². The number of halogens is 1. The Morgan fingerprint density at radius 3 is 3.10 bits per heavy atom. The van der Waals surface area contributed by atoms with Gasteiger partial charge in [-0.3, -0.25) is 9.69 Å². The molecule has 10 heavy (non-hydrogen) atoms. The van der Waals surface area contributed by atoms with Crippen LogP contribution in [-0.2, 0) is 4.79 Å². The molecule has 1 amide bonds. The maximum atomic E-state index is 10.8. The molecule has 1 aliphatic rings. The molecule has 0 saturated carbocycles. The van der Waals surface area contributed by atoms with E-state index in [2.05, 4.69) is 5.32 Å². The summed E-state index contributed by atoms with van der Waals surface area (Å²) >= 11 is 5.51. The van der Waals surface area contributed by atoms with E-state index < -0.39 is 0 Å². The first-order valence-electron chi connectivity index (χ1n) is 3.38. The fraction of sp³-hybridized carbons (Fsp3) is 0.833. The third kappa shape index (κ3) is 2.15. The number of hydrogen-bond acceptors (Lipinski definition) is 2. The molecule has 0 unspecified atom stereocenters. The predicted octanol–water partition coefficient (Wildman–Crippen LogP) is -0.343. The standard InChI is InChI=1S/C6H11ClN2O/c7-1-3-9-4-2-8-6(10)5-9/h1-5H2,(H,8,10). The molecule has 0 aromatic carbocycles. The van der Waals surface area contributed by atoms with Crippen molar-refractivity contribution in [3.8, 4) is 0 Å². The Hall–Kier alpha value is -0.280. The molecule has 0 aliphatic carbocycles. The van der Waals surface area contributed by atoms with E-state index in [4.69, 9.17) is 11.6 Å². The third-order valence-corrected chi connectivity index (χ3v) is 1.69. The fourth-order valence-electron chi connectivity index (χ4n) is 1.00. The van der Waals surface area contributed by atoms with Crippen LogP contribution < -0.4 is 5.32 Å². The van der Waals surface area contributed by atoms with Crippen LogP contribution in [-0.4, -0.2) is 42.9 Å². The Bertz CT molecular complexity index is 127. The number of nitrogens with zero attached hydrogens (tertiary/aromatic N) is 1. The summed E-state index contributed by atoms with van der Waals surface area (Å²) in [6, 6.07) is 0. The predicted molar refractivity (Wildman–Crippen MR) is 40.2 cm³/mol. The Labute approximate surface area is 65.3 Å². The third-order valence-electron chi connectivity index (χ3n) is 1.52. The second-order valence-electron chi connectivity index (χ2n) is 2.32. The molecule has 1 aliphatic heterocycles. The zero-order valence-corrected chi connectivity index (χ0v) is 6.52. The SMILES string of the molecule is O=C1CN(CCCl)CCN1. The van der Waals surface area contributed by atoms with Gasteiger partial charge in [0, 0.05) is 25.5 Å².